The first kappa shape index (κ1) is 21.2. The number of carbonyl (C=O) groups excluding carboxylic acids is 1. The Bertz CT molecular complexity index is 836. The predicted octanol–water partition coefficient (Wildman–Crippen LogP) is 5.37. The molecule has 1 fully saturated rings. The zero-order valence-electron chi connectivity index (χ0n) is 18.3. The summed E-state index contributed by atoms with van der Waals surface area (Å²) in [6.07, 6.45) is 2.37. The summed E-state index contributed by atoms with van der Waals surface area (Å²) in [5.41, 5.74) is 1.55. The molecule has 2 heterocycles. The summed E-state index contributed by atoms with van der Waals surface area (Å²) >= 11 is 0. The van der Waals surface area contributed by atoms with Crippen molar-refractivity contribution in [3.63, 3.8) is 0 Å². The average Bonchev–Trinajstić information content (AvgIpc) is 3.16. The molecule has 0 saturated carbocycles. The molecule has 1 saturated heterocycles. The molecule has 1 aliphatic rings. The van der Waals surface area contributed by atoms with Gasteiger partial charge in [-0.3, -0.25) is 4.90 Å². The lowest BCUT2D eigenvalue weighted by Gasteiger charge is -2.31. The van der Waals surface area contributed by atoms with Crippen LogP contribution in [0.4, 0.5) is 4.79 Å². The number of carbonyl (C=O) groups is 1. The van der Waals surface area contributed by atoms with E-state index in [2.05, 4.69) is 11.9 Å². The molecule has 2 atom stereocenters. The van der Waals surface area contributed by atoms with Gasteiger partial charge in [0.25, 0.3) is 0 Å². The van der Waals surface area contributed by atoms with Crippen molar-refractivity contribution in [3.8, 4) is 5.75 Å². The normalized spacial score (nSPS) is 19.4. The molecule has 6 nitrogen and oxygen atoms in total. The van der Waals surface area contributed by atoms with E-state index in [1.165, 1.54) is 0 Å². The Kier molecular flexibility index (Phi) is 6.20. The Morgan fingerprint density at radius 1 is 1.21 bits per heavy atom. The van der Waals surface area contributed by atoms with Crippen LogP contribution in [0.1, 0.15) is 69.5 Å². The maximum Gasteiger partial charge on any atom is 0.411 e. The molecule has 1 aromatic heterocycles. The van der Waals surface area contributed by atoms with Gasteiger partial charge in [-0.05, 0) is 65.2 Å². The average molecular weight is 401 g/mol. The Balaban J connectivity index is 1.61. The molecule has 0 radical (unpaired) electrons. The molecule has 2 aromatic rings. The number of rotatable bonds is 5. The quantitative estimate of drug-likeness (QED) is 0.675. The maximum absolute atomic E-state index is 12.7. The van der Waals surface area contributed by atoms with Gasteiger partial charge in [0.05, 0.1) is 18.3 Å². The van der Waals surface area contributed by atoms with E-state index < -0.39 is 5.60 Å². The van der Waals surface area contributed by atoms with Crippen LogP contribution in [-0.2, 0) is 11.2 Å². The third kappa shape index (κ3) is 5.31. The van der Waals surface area contributed by atoms with Gasteiger partial charge in [0.2, 0.25) is 0 Å². The highest BCUT2D eigenvalue weighted by Gasteiger charge is 2.37. The summed E-state index contributed by atoms with van der Waals surface area (Å²) in [5, 5.41) is 0. The van der Waals surface area contributed by atoms with Crippen molar-refractivity contribution in [1.29, 1.82) is 0 Å². The van der Waals surface area contributed by atoms with Gasteiger partial charge in [-0.2, -0.15) is 0 Å². The number of likely N-dealkylation sites (tertiary alicyclic amines) is 1. The fraction of sp³-hybridized carbons (Fsp3) is 0.565. The van der Waals surface area contributed by atoms with Crippen molar-refractivity contribution in [2.24, 2.45) is 0 Å². The van der Waals surface area contributed by atoms with E-state index in [-0.39, 0.29) is 18.2 Å². The van der Waals surface area contributed by atoms with Gasteiger partial charge >= 0.3 is 6.09 Å². The van der Waals surface area contributed by atoms with E-state index in [0.29, 0.717) is 18.9 Å². The minimum Gasteiger partial charge on any atom is -0.493 e. The summed E-state index contributed by atoms with van der Waals surface area (Å²) in [6.45, 7) is 12.1. The number of oxazole rings is 1. The van der Waals surface area contributed by atoms with Crippen molar-refractivity contribution in [2.75, 3.05) is 6.61 Å². The highest BCUT2D eigenvalue weighted by molar-refractivity contribution is 5.69. The number of benzene rings is 1. The summed E-state index contributed by atoms with van der Waals surface area (Å²) < 4.78 is 16.9. The maximum atomic E-state index is 12.7. The standard InChI is InChI=1S/C23H32N2O4/c1-15-7-12-21(25(15)22(26)29-23(4,5)6)18-8-10-19(11-9-18)27-14-13-20-16(2)28-17(3)24-20/h8-11,15,21H,7,12-14H2,1-6H3/t15-,21+/m1/s1. The molecule has 0 bridgehead atoms. The monoisotopic (exact) mass is 400 g/mol. The van der Waals surface area contributed by atoms with Crippen LogP contribution in [0.25, 0.3) is 0 Å². The number of amides is 1. The van der Waals surface area contributed by atoms with Gasteiger partial charge in [0, 0.05) is 19.4 Å². The lowest BCUT2D eigenvalue weighted by Crippen LogP contribution is -2.40. The molecule has 0 aliphatic carbocycles. The summed E-state index contributed by atoms with van der Waals surface area (Å²) in [6, 6.07) is 8.22. The Labute approximate surface area is 173 Å². The molecule has 1 aliphatic heterocycles. The lowest BCUT2D eigenvalue weighted by molar-refractivity contribution is 0.0158. The second-order valence-corrected chi connectivity index (χ2v) is 8.73. The largest absolute Gasteiger partial charge is 0.493 e. The molecule has 29 heavy (non-hydrogen) atoms. The van der Waals surface area contributed by atoms with Crippen LogP contribution < -0.4 is 4.74 Å². The zero-order valence-corrected chi connectivity index (χ0v) is 18.3. The summed E-state index contributed by atoms with van der Waals surface area (Å²) in [4.78, 5) is 18.9. The fourth-order valence-electron chi connectivity index (χ4n) is 3.79. The first-order valence-corrected chi connectivity index (χ1v) is 10.3. The lowest BCUT2D eigenvalue weighted by atomic mass is 10.0. The minimum atomic E-state index is -0.498. The van der Waals surface area contributed by atoms with Gasteiger partial charge < -0.3 is 13.9 Å². The van der Waals surface area contributed by atoms with Gasteiger partial charge in [-0.1, -0.05) is 12.1 Å². The van der Waals surface area contributed by atoms with Crippen LogP contribution in [0.15, 0.2) is 28.7 Å². The number of aromatic nitrogens is 1. The zero-order chi connectivity index (χ0) is 21.2. The van der Waals surface area contributed by atoms with Gasteiger partial charge in [0.15, 0.2) is 5.89 Å². The van der Waals surface area contributed by atoms with Crippen molar-refractivity contribution in [1.82, 2.24) is 9.88 Å². The van der Waals surface area contributed by atoms with E-state index in [1.807, 2.05) is 63.8 Å². The van der Waals surface area contributed by atoms with Crippen LogP contribution in [0.3, 0.4) is 0 Å². The molecule has 0 spiro atoms. The van der Waals surface area contributed by atoms with Crippen LogP contribution in [0.2, 0.25) is 0 Å². The second-order valence-electron chi connectivity index (χ2n) is 8.73. The highest BCUT2D eigenvalue weighted by atomic mass is 16.6. The van der Waals surface area contributed by atoms with Crippen molar-refractivity contribution >= 4 is 6.09 Å². The number of hydrogen-bond acceptors (Lipinski definition) is 5. The molecule has 1 aromatic carbocycles. The van der Waals surface area contributed by atoms with Crippen LogP contribution >= 0.6 is 0 Å². The smallest absolute Gasteiger partial charge is 0.411 e. The third-order valence-corrected chi connectivity index (χ3v) is 5.14. The molecule has 1 amide bonds. The number of ether oxygens (including phenoxy) is 2. The first-order valence-electron chi connectivity index (χ1n) is 10.3. The van der Waals surface area contributed by atoms with Crippen molar-refractivity contribution < 1.29 is 18.7 Å². The summed E-state index contributed by atoms with van der Waals surface area (Å²) in [7, 11) is 0. The van der Waals surface area contributed by atoms with Gasteiger partial charge in [0.1, 0.15) is 17.1 Å². The van der Waals surface area contributed by atoms with E-state index in [4.69, 9.17) is 13.9 Å². The second kappa shape index (κ2) is 8.47. The predicted molar refractivity (Wildman–Crippen MR) is 111 cm³/mol. The molecule has 0 N–H and O–H groups in total. The first-order chi connectivity index (χ1) is 13.6. The van der Waals surface area contributed by atoms with Crippen molar-refractivity contribution in [2.45, 2.75) is 78.5 Å². The molecule has 3 rings (SSSR count). The molecular weight excluding hydrogens is 368 g/mol. The number of aryl methyl sites for hydroxylation is 2. The summed E-state index contributed by atoms with van der Waals surface area (Å²) in [5.74, 6) is 2.34. The van der Waals surface area contributed by atoms with E-state index in [9.17, 15) is 4.79 Å². The molecule has 6 heteroatoms. The van der Waals surface area contributed by atoms with E-state index in [1.54, 1.807) is 0 Å². The molecular formula is C23H32N2O4. The van der Waals surface area contributed by atoms with Crippen LogP contribution in [-0.4, -0.2) is 34.2 Å². The SMILES string of the molecule is Cc1nc(CCOc2ccc([C@@H]3CC[C@@H](C)N3C(=O)OC(C)(C)C)cc2)c(C)o1. The van der Waals surface area contributed by atoms with Crippen molar-refractivity contribution in [3.05, 3.63) is 47.2 Å². The van der Waals surface area contributed by atoms with Crippen LogP contribution in [0.5, 0.6) is 5.75 Å². The van der Waals surface area contributed by atoms with Gasteiger partial charge in [-0.25, -0.2) is 9.78 Å². The minimum absolute atomic E-state index is 0.0367. The topological polar surface area (TPSA) is 64.8 Å². The molecule has 158 valence electrons. The highest BCUT2D eigenvalue weighted by Crippen LogP contribution is 2.37. The molecule has 0 unspecified atom stereocenters. The Hall–Kier alpha value is -2.50. The van der Waals surface area contributed by atoms with E-state index >= 15 is 0 Å². The van der Waals surface area contributed by atoms with E-state index in [0.717, 1.165) is 35.6 Å². The van der Waals surface area contributed by atoms with Gasteiger partial charge in [-0.15, -0.1) is 0 Å². The number of hydrogen-bond donors (Lipinski definition) is 0. The Morgan fingerprint density at radius 3 is 2.48 bits per heavy atom. The third-order valence-electron chi connectivity index (χ3n) is 5.14. The number of nitrogens with zero attached hydrogens (tertiary/aromatic N) is 2. The Morgan fingerprint density at radius 2 is 1.90 bits per heavy atom. The fourth-order valence-corrected chi connectivity index (χ4v) is 3.79. The van der Waals surface area contributed by atoms with Crippen LogP contribution in [0, 0.1) is 13.8 Å².